The van der Waals surface area contributed by atoms with Gasteiger partial charge < -0.3 is 15.0 Å². The van der Waals surface area contributed by atoms with Crippen molar-refractivity contribution in [2.45, 2.75) is 29.2 Å². The maximum absolute atomic E-state index is 13.8. The summed E-state index contributed by atoms with van der Waals surface area (Å²) in [6.45, 7) is 2.59. The second kappa shape index (κ2) is 10.3. The van der Waals surface area contributed by atoms with Crippen molar-refractivity contribution in [1.29, 1.82) is 0 Å². The van der Waals surface area contributed by atoms with Crippen molar-refractivity contribution < 1.29 is 23.1 Å². The zero-order valence-electron chi connectivity index (χ0n) is 21.0. The Morgan fingerprint density at radius 3 is 2.32 bits per heavy atom. The fraction of sp³-hybridized carbons (Fsp3) is 0.310. The summed E-state index contributed by atoms with van der Waals surface area (Å²) in [5, 5.41) is 3.18. The molecule has 0 aromatic heterocycles. The van der Waals surface area contributed by atoms with E-state index < -0.39 is 22.6 Å². The first kappa shape index (κ1) is 26.7. The molecule has 2 unspecified atom stereocenters. The van der Waals surface area contributed by atoms with Crippen LogP contribution in [0.2, 0.25) is 0 Å². The van der Waals surface area contributed by atoms with Gasteiger partial charge in [0, 0.05) is 33.8 Å². The number of carbonyl (C=O) groups is 2. The summed E-state index contributed by atoms with van der Waals surface area (Å²) >= 11 is 4.89. The molecule has 1 saturated heterocycles. The molecular formula is C29H27BrF2N2O3S. The van der Waals surface area contributed by atoms with Crippen LogP contribution in [-0.4, -0.2) is 42.7 Å². The van der Waals surface area contributed by atoms with Gasteiger partial charge in [-0.3, -0.25) is 9.59 Å². The van der Waals surface area contributed by atoms with Crippen LogP contribution in [0.3, 0.4) is 0 Å². The molecule has 0 spiro atoms. The predicted molar refractivity (Wildman–Crippen MR) is 146 cm³/mol. The molecule has 1 aliphatic carbocycles. The van der Waals surface area contributed by atoms with E-state index in [2.05, 4.69) is 21.2 Å². The summed E-state index contributed by atoms with van der Waals surface area (Å²) < 4.78 is 33.3. The molecule has 9 heteroatoms. The van der Waals surface area contributed by atoms with E-state index in [4.69, 9.17) is 4.74 Å². The van der Waals surface area contributed by atoms with Crippen LogP contribution in [0, 0.1) is 17.6 Å². The third kappa shape index (κ3) is 5.18. The normalized spacial score (nSPS) is 21.4. The maximum atomic E-state index is 13.8. The first-order valence-electron chi connectivity index (χ1n) is 12.2. The fourth-order valence-electron chi connectivity index (χ4n) is 5.10. The van der Waals surface area contributed by atoms with Gasteiger partial charge in [0.2, 0.25) is 11.8 Å². The lowest BCUT2D eigenvalue weighted by molar-refractivity contribution is -0.144. The molecule has 2 aliphatic rings. The second-order valence-electron chi connectivity index (χ2n) is 10.1. The number of halogens is 3. The lowest BCUT2D eigenvalue weighted by Gasteiger charge is -2.51. The van der Waals surface area contributed by atoms with E-state index in [-0.39, 0.29) is 23.5 Å². The molecule has 38 heavy (non-hydrogen) atoms. The third-order valence-electron chi connectivity index (χ3n) is 7.55. The van der Waals surface area contributed by atoms with Gasteiger partial charge in [-0.1, -0.05) is 41.1 Å². The van der Waals surface area contributed by atoms with Crippen LogP contribution >= 0.6 is 27.7 Å². The van der Waals surface area contributed by atoms with Gasteiger partial charge in [-0.05, 0) is 66.1 Å². The lowest BCUT2D eigenvalue weighted by atomic mass is 9.81. The molecule has 1 N–H and O–H groups in total. The molecule has 3 aromatic carbocycles. The highest BCUT2D eigenvalue weighted by molar-refractivity contribution is 9.10. The number of nitrogens with zero attached hydrogens (tertiary/aromatic N) is 1. The average Bonchev–Trinajstić information content (AvgIpc) is 3.59. The summed E-state index contributed by atoms with van der Waals surface area (Å²) in [5.74, 6) is -1.29. The number of thioether (sulfide) groups is 1. The van der Waals surface area contributed by atoms with Crippen molar-refractivity contribution in [3.05, 3.63) is 94.0 Å². The molecule has 198 valence electrons. The minimum absolute atomic E-state index is 0.0353. The molecule has 1 saturated carbocycles. The zero-order chi connectivity index (χ0) is 27.1. The standard InChI is InChI=1S/C29H27BrF2N2O3S/c1-28(19-5-12-24(31)25(32)13-19)14-23(28)27(36)34-16-29(17-34,18-3-6-20(30)7-4-18)33-26(35)15-38-22-10-8-21(37-2)9-11-22/h3-13,23H,14-17H2,1-2H3,(H,33,35). The second-order valence-corrected chi connectivity index (χ2v) is 12.1. The van der Waals surface area contributed by atoms with Crippen molar-refractivity contribution >= 4 is 39.5 Å². The van der Waals surface area contributed by atoms with E-state index in [1.54, 1.807) is 18.1 Å². The molecular weight excluding hydrogens is 574 g/mol. The Kier molecular flexibility index (Phi) is 7.26. The van der Waals surface area contributed by atoms with Crippen LogP contribution in [0.25, 0.3) is 0 Å². The Hall–Kier alpha value is -2.91. The van der Waals surface area contributed by atoms with Gasteiger partial charge in [-0.25, -0.2) is 8.78 Å². The summed E-state index contributed by atoms with van der Waals surface area (Å²) in [6, 6.07) is 19.1. The van der Waals surface area contributed by atoms with E-state index in [1.165, 1.54) is 17.8 Å². The molecule has 2 fully saturated rings. The van der Waals surface area contributed by atoms with Crippen LogP contribution in [0.1, 0.15) is 24.5 Å². The van der Waals surface area contributed by atoms with Gasteiger partial charge in [-0.15, -0.1) is 11.8 Å². The summed E-state index contributed by atoms with van der Waals surface area (Å²) in [4.78, 5) is 29.1. The highest BCUT2D eigenvalue weighted by Crippen LogP contribution is 2.55. The Morgan fingerprint density at radius 1 is 1.03 bits per heavy atom. The van der Waals surface area contributed by atoms with Gasteiger partial charge in [0.05, 0.1) is 12.9 Å². The van der Waals surface area contributed by atoms with Crippen molar-refractivity contribution in [3.63, 3.8) is 0 Å². The predicted octanol–water partition coefficient (Wildman–Crippen LogP) is 5.66. The first-order chi connectivity index (χ1) is 18.1. The number of likely N-dealkylation sites (tertiary alicyclic amines) is 1. The number of nitrogens with one attached hydrogen (secondary N) is 1. The van der Waals surface area contributed by atoms with E-state index in [0.717, 1.165) is 26.7 Å². The SMILES string of the molecule is COc1ccc(SCC(=O)NC2(c3ccc(Br)cc3)CN(C(=O)C3CC3(C)c3ccc(F)c(F)c3)C2)cc1. The summed E-state index contributed by atoms with van der Waals surface area (Å²) in [5.41, 5.74) is 0.325. The molecule has 2 atom stereocenters. The molecule has 5 rings (SSSR count). The summed E-state index contributed by atoms with van der Waals surface area (Å²) in [6.07, 6.45) is 0.573. The quantitative estimate of drug-likeness (QED) is 0.339. The molecule has 1 heterocycles. The minimum Gasteiger partial charge on any atom is -0.497 e. The Labute approximate surface area is 233 Å². The first-order valence-corrected chi connectivity index (χ1v) is 14.0. The van der Waals surface area contributed by atoms with Crippen molar-refractivity contribution in [1.82, 2.24) is 10.2 Å². The highest BCUT2D eigenvalue weighted by atomic mass is 79.9. The van der Waals surface area contributed by atoms with Crippen LogP contribution < -0.4 is 10.1 Å². The van der Waals surface area contributed by atoms with E-state index >= 15 is 0 Å². The monoisotopic (exact) mass is 600 g/mol. The number of benzene rings is 3. The van der Waals surface area contributed by atoms with Crippen LogP contribution in [0.4, 0.5) is 8.78 Å². The summed E-state index contributed by atoms with van der Waals surface area (Å²) in [7, 11) is 1.61. The number of hydrogen-bond acceptors (Lipinski definition) is 4. The Morgan fingerprint density at radius 2 is 1.68 bits per heavy atom. The van der Waals surface area contributed by atoms with Gasteiger partial charge >= 0.3 is 0 Å². The van der Waals surface area contributed by atoms with Crippen LogP contribution in [0.5, 0.6) is 5.75 Å². The number of rotatable bonds is 8. The zero-order valence-corrected chi connectivity index (χ0v) is 23.4. The average molecular weight is 602 g/mol. The largest absolute Gasteiger partial charge is 0.497 e. The number of amides is 2. The van der Waals surface area contributed by atoms with E-state index in [0.29, 0.717) is 25.1 Å². The van der Waals surface area contributed by atoms with E-state index in [1.807, 2.05) is 55.5 Å². The van der Waals surface area contributed by atoms with Crippen molar-refractivity contribution in [3.8, 4) is 5.75 Å². The molecule has 5 nitrogen and oxygen atoms in total. The number of hydrogen-bond donors (Lipinski definition) is 1. The van der Waals surface area contributed by atoms with Gasteiger partial charge in [0.25, 0.3) is 0 Å². The smallest absolute Gasteiger partial charge is 0.231 e. The Bertz CT molecular complexity index is 1360. The number of ether oxygens (including phenoxy) is 1. The molecule has 0 bridgehead atoms. The Balaban J connectivity index is 1.26. The number of methoxy groups -OCH3 is 1. The molecule has 0 radical (unpaired) electrons. The lowest BCUT2D eigenvalue weighted by Crippen LogP contribution is -2.69. The topological polar surface area (TPSA) is 58.6 Å². The van der Waals surface area contributed by atoms with Crippen molar-refractivity contribution in [2.24, 2.45) is 5.92 Å². The van der Waals surface area contributed by atoms with Crippen molar-refractivity contribution in [2.75, 3.05) is 26.0 Å². The molecule has 2 amide bonds. The van der Waals surface area contributed by atoms with Gasteiger partial charge in [0.15, 0.2) is 11.6 Å². The third-order valence-corrected chi connectivity index (χ3v) is 9.09. The van der Waals surface area contributed by atoms with E-state index in [9.17, 15) is 18.4 Å². The maximum Gasteiger partial charge on any atom is 0.231 e. The van der Waals surface area contributed by atoms with Crippen LogP contribution in [0.15, 0.2) is 76.1 Å². The van der Waals surface area contributed by atoms with Gasteiger partial charge in [0.1, 0.15) is 11.3 Å². The van der Waals surface area contributed by atoms with Gasteiger partial charge in [-0.2, -0.15) is 0 Å². The van der Waals surface area contributed by atoms with Crippen LogP contribution in [-0.2, 0) is 20.5 Å². The minimum atomic E-state index is -0.907. The molecule has 1 aliphatic heterocycles. The molecule has 3 aromatic rings. The highest BCUT2D eigenvalue weighted by Gasteiger charge is 2.59. The number of carbonyl (C=O) groups excluding carboxylic acids is 2. The fourth-order valence-corrected chi connectivity index (χ4v) is 6.07.